The molecule has 1 aromatic heterocycles. The summed E-state index contributed by atoms with van der Waals surface area (Å²) in [6.07, 6.45) is 0.398. The molecule has 0 aromatic carbocycles. The average molecular weight is 302 g/mol. The van der Waals surface area contributed by atoms with Gasteiger partial charge in [-0.15, -0.1) is 0 Å². The van der Waals surface area contributed by atoms with Crippen LogP contribution in [0.3, 0.4) is 0 Å². The molecule has 1 heterocycles. The van der Waals surface area contributed by atoms with E-state index in [-0.39, 0.29) is 16.0 Å². The number of aryl methyl sites for hydroxylation is 1. The molecule has 0 saturated carbocycles. The van der Waals surface area contributed by atoms with Gasteiger partial charge in [0.25, 0.3) is 5.91 Å². The third kappa shape index (κ3) is 3.80. The minimum atomic E-state index is -4.00. The number of primary sulfonamides is 1. The summed E-state index contributed by atoms with van der Waals surface area (Å²) in [5.41, 5.74) is 0.104. The van der Waals surface area contributed by atoms with Gasteiger partial charge in [0.1, 0.15) is 4.90 Å². The van der Waals surface area contributed by atoms with Gasteiger partial charge >= 0.3 is 0 Å². The largest absolute Gasteiger partial charge is 0.340 e. The van der Waals surface area contributed by atoms with E-state index in [2.05, 4.69) is 10.2 Å². The highest BCUT2D eigenvalue weighted by molar-refractivity contribution is 7.89. The Morgan fingerprint density at radius 1 is 1.40 bits per heavy atom. The maximum Gasteiger partial charge on any atom is 0.275 e. The number of sulfonamides is 1. The normalized spacial score (nSPS) is 12.5. The zero-order valence-electron chi connectivity index (χ0n) is 12.5. The molecule has 3 N–H and O–H groups in total. The van der Waals surface area contributed by atoms with E-state index in [0.29, 0.717) is 18.7 Å². The Balaban J connectivity index is 3.21. The first-order valence-corrected chi connectivity index (χ1v) is 7.87. The fraction of sp³-hybridized carbons (Fsp3) is 0.667. The molecule has 7 nitrogen and oxygen atoms in total. The number of nitrogens with zero attached hydrogens (tertiary/aromatic N) is 2. The van der Waals surface area contributed by atoms with Gasteiger partial charge in [-0.1, -0.05) is 27.7 Å². The van der Waals surface area contributed by atoms with Gasteiger partial charge in [0.15, 0.2) is 5.69 Å². The van der Waals surface area contributed by atoms with E-state index in [0.717, 1.165) is 0 Å². The number of hydrogen-bond donors (Lipinski definition) is 2. The van der Waals surface area contributed by atoms with Crippen LogP contribution in [0.2, 0.25) is 0 Å². The van der Waals surface area contributed by atoms with Gasteiger partial charge in [0, 0.05) is 13.6 Å². The zero-order valence-corrected chi connectivity index (χ0v) is 13.3. The summed E-state index contributed by atoms with van der Waals surface area (Å²) in [5, 5.41) is 11.6. The Morgan fingerprint density at radius 3 is 2.35 bits per heavy atom. The number of carbonyl (C=O) groups is 1. The number of amides is 1. The van der Waals surface area contributed by atoms with Gasteiger partial charge < -0.3 is 4.90 Å². The summed E-state index contributed by atoms with van der Waals surface area (Å²) in [5.74, 6) is -0.458. The highest BCUT2D eigenvalue weighted by atomic mass is 32.2. The molecule has 0 bridgehead atoms. The Labute approximate surface area is 119 Å². The Kier molecular flexibility index (Phi) is 4.60. The summed E-state index contributed by atoms with van der Waals surface area (Å²) in [6.45, 7) is 8.19. The van der Waals surface area contributed by atoms with Gasteiger partial charge in [-0.2, -0.15) is 5.10 Å². The predicted octanol–water partition coefficient (Wildman–Crippen LogP) is 0.738. The lowest BCUT2D eigenvalue weighted by atomic mass is 9.96. The molecule has 0 fully saturated rings. The molecule has 0 aliphatic heterocycles. The van der Waals surface area contributed by atoms with Crippen molar-refractivity contribution >= 4 is 15.9 Å². The quantitative estimate of drug-likeness (QED) is 0.854. The fourth-order valence-corrected chi connectivity index (χ4v) is 2.96. The van der Waals surface area contributed by atoms with Crippen molar-refractivity contribution in [3.05, 3.63) is 11.4 Å². The minimum absolute atomic E-state index is 0.101. The van der Waals surface area contributed by atoms with Crippen molar-refractivity contribution in [2.75, 3.05) is 13.6 Å². The fourth-order valence-electron chi connectivity index (χ4n) is 2.02. The van der Waals surface area contributed by atoms with E-state index in [9.17, 15) is 13.2 Å². The van der Waals surface area contributed by atoms with Gasteiger partial charge in [-0.25, -0.2) is 13.6 Å². The van der Waals surface area contributed by atoms with Crippen LogP contribution in [-0.4, -0.2) is 43.0 Å². The summed E-state index contributed by atoms with van der Waals surface area (Å²) in [7, 11) is -2.38. The van der Waals surface area contributed by atoms with Crippen molar-refractivity contribution in [2.24, 2.45) is 10.6 Å². The third-order valence-corrected chi connectivity index (χ3v) is 3.70. The molecular weight excluding hydrogens is 280 g/mol. The second-order valence-electron chi connectivity index (χ2n) is 6.00. The van der Waals surface area contributed by atoms with Crippen LogP contribution in [0.15, 0.2) is 4.90 Å². The van der Waals surface area contributed by atoms with Crippen LogP contribution in [0.4, 0.5) is 0 Å². The van der Waals surface area contributed by atoms with E-state index in [1.165, 1.54) is 4.90 Å². The number of aromatic amines is 1. The molecule has 114 valence electrons. The zero-order chi connectivity index (χ0) is 15.7. The lowest BCUT2D eigenvalue weighted by Crippen LogP contribution is -2.35. The summed E-state index contributed by atoms with van der Waals surface area (Å²) in [4.78, 5) is 13.6. The third-order valence-electron chi connectivity index (χ3n) is 2.69. The van der Waals surface area contributed by atoms with Crippen LogP contribution in [0.1, 0.15) is 43.9 Å². The van der Waals surface area contributed by atoms with E-state index >= 15 is 0 Å². The van der Waals surface area contributed by atoms with Gasteiger partial charge in [-0.05, 0) is 11.8 Å². The van der Waals surface area contributed by atoms with Crippen molar-refractivity contribution in [1.29, 1.82) is 0 Å². The maximum absolute atomic E-state index is 12.3. The molecule has 1 amide bonds. The lowest BCUT2D eigenvalue weighted by Gasteiger charge is -2.26. The van der Waals surface area contributed by atoms with Crippen LogP contribution in [-0.2, 0) is 16.4 Å². The topological polar surface area (TPSA) is 109 Å². The van der Waals surface area contributed by atoms with E-state index in [4.69, 9.17) is 5.14 Å². The average Bonchev–Trinajstić information content (AvgIpc) is 2.68. The first-order valence-electron chi connectivity index (χ1n) is 6.33. The number of H-pyrrole nitrogens is 1. The Morgan fingerprint density at radius 2 is 1.95 bits per heavy atom. The number of nitrogens with one attached hydrogen (secondary N) is 1. The number of aromatic nitrogens is 2. The first-order chi connectivity index (χ1) is 8.97. The number of hydrogen-bond acceptors (Lipinski definition) is 4. The van der Waals surface area contributed by atoms with Crippen LogP contribution in [0.5, 0.6) is 0 Å². The van der Waals surface area contributed by atoms with Gasteiger partial charge in [0.2, 0.25) is 10.0 Å². The van der Waals surface area contributed by atoms with Crippen LogP contribution in [0, 0.1) is 5.41 Å². The van der Waals surface area contributed by atoms with Crippen LogP contribution >= 0.6 is 0 Å². The van der Waals surface area contributed by atoms with Crippen molar-refractivity contribution in [3.8, 4) is 0 Å². The molecule has 0 atom stereocenters. The molecule has 8 heteroatoms. The SMILES string of the molecule is CCc1[nH]nc(C(=O)N(C)CC(C)(C)C)c1S(N)(=O)=O. The molecule has 0 aliphatic carbocycles. The van der Waals surface area contributed by atoms with Gasteiger partial charge in [0.05, 0.1) is 5.69 Å². The van der Waals surface area contributed by atoms with Crippen LogP contribution in [0.25, 0.3) is 0 Å². The monoisotopic (exact) mass is 302 g/mol. The molecule has 0 spiro atoms. The predicted molar refractivity (Wildman–Crippen MR) is 75.8 cm³/mol. The summed E-state index contributed by atoms with van der Waals surface area (Å²) in [6, 6.07) is 0. The number of carbonyl (C=O) groups excluding carboxylic acids is 1. The summed E-state index contributed by atoms with van der Waals surface area (Å²) < 4.78 is 23.3. The van der Waals surface area contributed by atoms with E-state index in [1.54, 1.807) is 14.0 Å². The highest BCUT2D eigenvalue weighted by Gasteiger charge is 2.29. The molecule has 0 radical (unpaired) electrons. The highest BCUT2D eigenvalue weighted by Crippen LogP contribution is 2.21. The standard InChI is InChI=1S/C12H22N4O3S/c1-6-8-10(20(13,18)19)9(15-14-8)11(17)16(5)7-12(2,3)4/h6-7H2,1-5H3,(H,14,15)(H2,13,18,19). The Hall–Kier alpha value is -1.41. The van der Waals surface area contributed by atoms with Crippen molar-refractivity contribution in [1.82, 2.24) is 15.1 Å². The van der Waals surface area contributed by atoms with Crippen molar-refractivity contribution in [3.63, 3.8) is 0 Å². The lowest BCUT2D eigenvalue weighted by molar-refractivity contribution is 0.0736. The van der Waals surface area contributed by atoms with Crippen LogP contribution < -0.4 is 5.14 Å². The molecule has 0 aliphatic rings. The number of rotatable bonds is 4. The second kappa shape index (κ2) is 5.53. The molecule has 0 saturated heterocycles. The number of nitrogens with two attached hydrogens (primary N) is 1. The minimum Gasteiger partial charge on any atom is -0.340 e. The molecule has 1 aromatic rings. The van der Waals surface area contributed by atoms with Gasteiger partial charge in [-0.3, -0.25) is 9.89 Å². The Bertz CT molecular complexity index is 599. The maximum atomic E-state index is 12.3. The summed E-state index contributed by atoms with van der Waals surface area (Å²) >= 11 is 0. The van der Waals surface area contributed by atoms with E-state index < -0.39 is 15.9 Å². The van der Waals surface area contributed by atoms with E-state index in [1.807, 2.05) is 20.8 Å². The second-order valence-corrected chi connectivity index (χ2v) is 7.50. The van der Waals surface area contributed by atoms with Crippen molar-refractivity contribution in [2.45, 2.75) is 39.0 Å². The molecular formula is C12H22N4O3S. The molecule has 20 heavy (non-hydrogen) atoms. The first kappa shape index (κ1) is 16.6. The molecule has 1 rings (SSSR count). The smallest absolute Gasteiger partial charge is 0.275 e. The van der Waals surface area contributed by atoms with Crippen molar-refractivity contribution < 1.29 is 13.2 Å². The molecule has 0 unspecified atom stereocenters.